The lowest BCUT2D eigenvalue weighted by Crippen LogP contribution is -2.39. The number of halogens is 2. The Bertz CT molecular complexity index is 204. The van der Waals surface area contributed by atoms with E-state index in [0.717, 1.165) is 12.3 Å². The zero-order chi connectivity index (χ0) is 12.9. The second-order valence-corrected chi connectivity index (χ2v) is 5.51. The molecule has 1 fully saturated rings. The Hall–Kier alpha value is -0.180. The third kappa shape index (κ3) is 4.53. The molecule has 0 spiro atoms. The molecular formula is C14H27F2N. The first-order valence-corrected chi connectivity index (χ1v) is 7.07. The minimum atomic E-state index is -2.40. The zero-order valence-electron chi connectivity index (χ0n) is 11.4. The van der Waals surface area contributed by atoms with Gasteiger partial charge in [-0.05, 0) is 38.1 Å². The van der Waals surface area contributed by atoms with Gasteiger partial charge in [0.25, 0.3) is 0 Å². The maximum absolute atomic E-state index is 13.1. The topological polar surface area (TPSA) is 12.0 Å². The van der Waals surface area contributed by atoms with Crippen molar-refractivity contribution >= 4 is 0 Å². The zero-order valence-corrected chi connectivity index (χ0v) is 11.4. The van der Waals surface area contributed by atoms with Gasteiger partial charge in [-0.3, -0.25) is 0 Å². The van der Waals surface area contributed by atoms with Crippen molar-refractivity contribution in [3.63, 3.8) is 0 Å². The highest BCUT2D eigenvalue weighted by molar-refractivity contribution is 4.85. The fourth-order valence-corrected chi connectivity index (χ4v) is 2.99. The SMILES string of the molecule is CCC(CC)CC(NC)C1CCC(F)(F)CC1. The van der Waals surface area contributed by atoms with E-state index in [-0.39, 0.29) is 12.8 Å². The molecule has 1 saturated carbocycles. The lowest BCUT2D eigenvalue weighted by Gasteiger charge is -2.35. The normalized spacial score (nSPS) is 22.9. The second kappa shape index (κ2) is 6.67. The fourth-order valence-electron chi connectivity index (χ4n) is 2.99. The van der Waals surface area contributed by atoms with E-state index in [0.29, 0.717) is 24.8 Å². The molecule has 1 atom stereocenters. The summed E-state index contributed by atoms with van der Waals surface area (Å²) in [6, 6.07) is 0.427. The Morgan fingerprint density at radius 2 is 1.71 bits per heavy atom. The molecule has 0 amide bonds. The maximum atomic E-state index is 13.1. The summed E-state index contributed by atoms with van der Waals surface area (Å²) in [7, 11) is 1.97. The number of rotatable bonds is 6. The lowest BCUT2D eigenvalue weighted by molar-refractivity contribution is -0.0501. The van der Waals surface area contributed by atoms with Gasteiger partial charge in [-0.2, -0.15) is 0 Å². The summed E-state index contributed by atoms with van der Waals surface area (Å²) < 4.78 is 26.2. The largest absolute Gasteiger partial charge is 0.317 e. The predicted octanol–water partition coefficient (Wildman–Crippen LogP) is 4.23. The van der Waals surface area contributed by atoms with E-state index in [1.54, 1.807) is 0 Å². The molecule has 17 heavy (non-hydrogen) atoms. The fraction of sp³-hybridized carbons (Fsp3) is 1.00. The molecule has 1 nitrogen and oxygen atoms in total. The van der Waals surface area contributed by atoms with E-state index >= 15 is 0 Å². The Labute approximate surface area is 104 Å². The average Bonchev–Trinajstić information content (AvgIpc) is 2.32. The van der Waals surface area contributed by atoms with Crippen LogP contribution in [0.3, 0.4) is 0 Å². The van der Waals surface area contributed by atoms with Crippen LogP contribution in [0.15, 0.2) is 0 Å². The monoisotopic (exact) mass is 247 g/mol. The van der Waals surface area contributed by atoms with Crippen molar-refractivity contribution in [2.45, 2.75) is 70.8 Å². The van der Waals surface area contributed by atoms with Crippen molar-refractivity contribution < 1.29 is 8.78 Å². The van der Waals surface area contributed by atoms with Crippen LogP contribution < -0.4 is 5.32 Å². The molecular weight excluding hydrogens is 220 g/mol. The van der Waals surface area contributed by atoms with Crippen LogP contribution in [0.1, 0.15) is 58.8 Å². The van der Waals surface area contributed by atoms with E-state index in [4.69, 9.17) is 0 Å². The van der Waals surface area contributed by atoms with Gasteiger partial charge < -0.3 is 5.32 Å². The summed E-state index contributed by atoms with van der Waals surface area (Å²) in [5.74, 6) is -1.22. The third-order valence-corrected chi connectivity index (χ3v) is 4.44. The smallest absolute Gasteiger partial charge is 0.248 e. The maximum Gasteiger partial charge on any atom is 0.248 e. The summed E-state index contributed by atoms with van der Waals surface area (Å²) in [5, 5.41) is 3.35. The van der Waals surface area contributed by atoms with Crippen molar-refractivity contribution in [3.05, 3.63) is 0 Å². The molecule has 102 valence electrons. The number of nitrogens with one attached hydrogen (secondary N) is 1. The van der Waals surface area contributed by atoms with E-state index in [9.17, 15) is 8.78 Å². The summed E-state index contributed by atoms with van der Waals surface area (Å²) >= 11 is 0. The van der Waals surface area contributed by atoms with Crippen molar-refractivity contribution in [3.8, 4) is 0 Å². The molecule has 0 aromatic carbocycles. The van der Waals surface area contributed by atoms with Crippen LogP contribution in [-0.4, -0.2) is 19.0 Å². The van der Waals surface area contributed by atoms with Gasteiger partial charge in [-0.15, -0.1) is 0 Å². The van der Waals surface area contributed by atoms with Gasteiger partial charge in [0.2, 0.25) is 5.92 Å². The van der Waals surface area contributed by atoms with Crippen LogP contribution in [-0.2, 0) is 0 Å². The molecule has 1 aliphatic rings. The van der Waals surface area contributed by atoms with Gasteiger partial charge in [-0.1, -0.05) is 26.7 Å². The standard InChI is InChI=1S/C14H27F2N/c1-4-11(5-2)10-13(17-3)12-6-8-14(15,16)9-7-12/h11-13,17H,4-10H2,1-3H3. The van der Waals surface area contributed by atoms with Crippen molar-refractivity contribution in [2.75, 3.05) is 7.05 Å². The van der Waals surface area contributed by atoms with E-state index < -0.39 is 5.92 Å². The van der Waals surface area contributed by atoms with Crippen LogP contribution in [0.25, 0.3) is 0 Å². The number of alkyl halides is 2. The lowest BCUT2D eigenvalue weighted by atomic mass is 9.78. The van der Waals surface area contributed by atoms with E-state index in [2.05, 4.69) is 19.2 Å². The third-order valence-electron chi connectivity index (χ3n) is 4.44. The van der Waals surface area contributed by atoms with Crippen LogP contribution >= 0.6 is 0 Å². The molecule has 0 saturated heterocycles. The molecule has 1 aliphatic carbocycles. The minimum Gasteiger partial charge on any atom is -0.317 e. The van der Waals surface area contributed by atoms with Crippen molar-refractivity contribution in [2.24, 2.45) is 11.8 Å². The molecule has 0 aliphatic heterocycles. The number of hydrogen-bond donors (Lipinski definition) is 1. The first-order valence-electron chi connectivity index (χ1n) is 7.07. The molecule has 3 heteroatoms. The second-order valence-electron chi connectivity index (χ2n) is 5.51. The molecule has 1 N–H and O–H groups in total. The Morgan fingerprint density at radius 1 is 1.18 bits per heavy atom. The highest BCUT2D eigenvalue weighted by Gasteiger charge is 2.37. The minimum absolute atomic E-state index is 0.0821. The van der Waals surface area contributed by atoms with Crippen molar-refractivity contribution in [1.29, 1.82) is 0 Å². The highest BCUT2D eigenvalue weighted by Crippen LogP contribution is 2.38. The van der Waals surface area contributed by atoms with Gasteiger partial charge in [0.15, 0.2) is 0 Å². The van der Waals surface area contributed by atoms with Gasteiger partial charge in [0.1, 0.15) is 0 Å². The van der Waals surface area contributed by atoms with Gasteiger partial charge in [0.05, 0.1) is 0 Å². The molecule has 0 radical (unpaired) electrons. The Kier molecular flexibility index (Phi) is 5.84. The summed E-state index contributed by atoms with van der Waals surface area (Å²) in [5.41, 5.74) is 0. The van der Waals surface area contributed by atoms with Gasteiger partial charge in [-0.25, -0.2) is 8.78 Å². The van der Waals surface area contributed by atoms with Crippen LogP contribution in [0, 0.1) is 11.8 Å². The van der Waals surface area contributed by atoms with Gasteiger partial charge >= 0.3 is 0 Å². The van der Waals surface area contributed by atoms with Gasteiger partial charge in [0, 0.05) is 18.9 Å². The first kappa shape index (κ1) is 14.9. The highest BCUT2D eigenvalue weighted by atomic mass is 19.3. The molecule has 0 aromatic rings. The Morgan fingerprint density at radius 3 is 2.12 bits per heavy atom. The summed E-state index contributed by atoms with van der Waals surface area (Å²) in [6.45, 7) is 4.44. The number of hydrogen-bond acceptors (Lipinski definition) is 1. The first-order chi connectivity index (χ1) is 8.02. The van der Waals surface area contributed by atoms with E-state index in [1.165, 1.54) is 12.8 Å². The van der Waals surface area contributed by atoms with Crippen LogP contribution in [0.5, 0.6) is 0 Å². The molecule has 0 bridgehead atoms. The quantitative estimate of drug-likeness (QED) is 0.740. The average molecular weight is 247 g/mol. The van der Waals surface area contributed by atoms with Crippen LogP contribution in [0.2, 0.25) is 0 Å². The summed E-state index contributed by atoms with van der Waals surface area (Å²) in [6.07, 6.45) is 5.05. The molecule has 0 aromatic heterocycles. The van der Waals surface area contributed by atoms with E-state index in [1.807, 2.05) is 7.05 Å². The molecule has 0 heterocycles. The van der Waals surface area contributed by atoms with Crippen LogP contribution in [0.4, 0.5) is 8.78 Å². The molecule has 1 unspecified atom stereocenters. The van der Waals surface area contributed by atoms with Crippen molar-refractivity contribution in [1.82, 2.24) is 5.32 Å². The predicted molar refractivity (Wildman–Crippen MR) is 68.4 cm³/mol. The Balaban J connectivity index is 2.46. The molecule has 1 rings (SSSR count). The summed E-state index contributed by atoms with van der Waals surface area (Å²) in [4.78, 5) is 0.